The minimum Gasteiger partial charge on any atom is -0.383 e. The molecule has 0 aliphatic carbocycles. The number of hydrogen-bond acceptors (Lipinski definition) is 6. The molecule has 2 amide bonds. The smallest absolute Gasteiger partial charge is 0.294 e. The van der Waals surface area contributed by atoms with E-state index in [2.05, 4.69) is 15.1 Å². The van der Waals surface area contributed by atoms with Gasteiger partial charge in [-0.25, -0.2) is 9.50 Å². The van der Waals surface area contributed by atoms with Gasteiger partial charge in [-0.3, -0.25) is 9.59 Å². The highest BCUT2D eigenvalue weighted by Gasteiger charge is 2.53. The molecule has 4 heterocycles. The SMILES string of the molecule is COCCN1CCCC2(CCCN2C(=O)c2nc3nc(C)cc(C)n3n2)C1=O. The van der Waals surface area contributed by atoms with Crippen LogP contribution in [0.15, 0.2) is 6.07 Å². The molecule has 2 aliphatic heterocycles. The van der Waals surface area contributed by atoms with Crippen LogP contribution in [0.4, 0.5) is 0 Å². The topological polar surface area (TPSA) is 92.9 Å². The minimum atomic E-state index is -0.779. The fourth-order valence-electron chi connectivity index (χ4n) is 4.51. The number of rotatable bonds is 4. The first kappa shape index (κ1) is 18.8. The van der Waals surface area contributed by atoms with Gasteiger partial charge in [-0.05, 0) is 45.6 Å². The Bertz CT molecular complexity index is 926. The summed E-state index contributed by atoms with van der Waals surface area (Å²) in [5, 5.41) is 4.38. The van der Waals surface area contributed by atoms with Gasteiger partial charge in [0, 0.05) is 38.1 Å². The lowest BCUT2D eigenvalue weighted by Gasteiger charge is -2.44. The van der Waals surface area contributed by atoms with E-state index in [1.54, 1.807) is 16.5 Å². The monoisotopic (exact) mass is 386 g/mol. The van der Waals surface area contributed by atoms with E-state index in [0.717, 1.165) is 24.2 Å². The Morgan fingerprint density at radius 2 is 1.96 bits per heavy atom. The van der Waals surface area contributed by atoms with Gasteiger partial charge in [-0.15, -0.1) is 5.10 Å². The van der Waals surface area contributed by atoms with Crippen molar-refractivity contribution in [3.8, 4) is 0 Å². The van der Waals surface area contributed by atoms with Crippen LogP contribution in [0.1, 0.15) is 47.7 Å². The van der Waals surface area contributed by atoms with Crippen LogP contribution in [-0.4, -0.2) is 80.1 Å². The summed E-state index contributed by atoms with van der Waals surface area (Å²) < 4.78 is 6.72. The molecule has 2 fully saturated rings. The van der Waals surface area contributed by atoms with Crippen LogP contribution in [0.2, 0.25) is 0 Å². The molecule has 0 bridgehead atoms. The molecule has 2 aromatic heterocycles. The molecular formula is C19H26N6O3. The zero-order valence-electron chi connectivity index (χ0n) is 16.6. The third kappa shape index (κ3) is 2.94. The third-order valence-corrected chi connectivity index (χ3v) is 5.81. The largest absolute Gasteiger partial charge is 0.383 e. The van der Waals surface area contributed by atoms with Gasteiger partial charge >= 0.3 is 0 Å². The Labute approximate surface area is 163 Å². The zero-order valence-corrected chi connectivity index (χ0v) is 16.6. The van der Waals surface area contributed by atoms with Crippen molar-refractivity contribution in [1.82, 2.24) is 29.4 Å². The Balaban J connectivity index is 1.65. The van der Waals surface area contributed by atoms with E-state index >= 15 is 0 Å². The molecule has 2 saturated heterocycles. The van der Waals surface area contributed by atoms with Crippen molar-refractivity contribution in [1.29, 1.82) is 0 Å². The molecule has 9 heteroatoms. The molecule has 4 rings (SSSR count). The number of amides is 2. The normalized spacial score (nSPS) is 22.6. The third-order valence-electron chi connectivity index (χ3n) is 5.81. The van der Waals surface area contributed by atoms with Gasteiger partial charge in [0.1, 0.15) is 5.54 Å². The van der Waals surface area contributed by atoms with Crippen LogP contribution >= 0.6 is 0 Å². The second-order valence-corrected chi connectivity index (χ2v) is 7.67. The Morgan fingerprint density at radius 3 is 2.71 bits per heavy atom. The first-order chi connectivity index (χ1) is 13.5. The Kier molecular flexibility index (Phi) is 4.78. The summed E-state index contributed by atoms with van der Waals surface area (Å²) in [5.41, 5.74) is 0.911. The summed E-state index contributed by atoms with van der Waals surface area (Å²) in [7, 11) is 1.63. The van der Waals surface area contributed by atoms with Crippen LogP contribution in [-0.2, 0) is 9.53 Å². The maximum absolute atomic E-state index is 13.3. The highest BCUT2D eigenvalue weighted by molar-refractivity contribution is 5.98. The number of hydrogen-bond donors (Lipinski definition) is 0. The van der Waals surface area contributed by atoms with Gasteiger partial charge in [0.2, 0.25) is 11.7 Å². The summed E-state index contributed by atoms with van der Waals surface area (Å²) >= 11 is 0. The molecule has 1 spiro atoms. The molecule has 2 aliphatic rings. The number of nitrogens with zero attached hydrogens (tertiary/aromatic N) is 6. The lowest BCUT2D eigenvalue weighted by atomic mass is 9.85. The van der Waals surface area contributed by atoms with Crippen molar-refractivity contribution in [2.75, 3.05) is 33.4 Å². The van der Waals surface area contributed by atoms with Crippen LogP contribution in [0.25, 0.3) is 5.78 Å². The maximum Gasteiger partial charge on any atom is 0.294 e. The molecule has 150 valence electrons. The number of piperidine rings is 1. The van der Waals surface area contributed by atoms with E-state index in [4.69, 9.17) is 4.74 Å². The van der Waals surface area contributed by atoms with E-state index < -0.39 is 5.54 Å². The predicted molar refractivity (Wildman–Crippen MR) is 101 cm³/mol. The van der Waals surface area contributed by atoms with Crippen LogP contribution in [0, 0.1) is 13.8 Å². The lowest BCUT2D eigenvalue weighted by Crippen LogP contribution is -2.61. The number of ether oxygens (including phenoxy) is 1. The number of aromatic nitrogens is 4. The highest BCUT2D eigenvalue weighted by atomic mass is 16.5. The fraction of sp³-hybridized carbons (Fsp3) is 0.632. The van der Waals surface area contributed by atoms with Crippen molar-refractivity contribution in [2.24, 2.45) is 0 Å². The number of fused-ring (bicyclic) bond motifs is 1. The molecule has 0 N–H and O–H groups in total. The van der Waals surface area contributed by atoms with E-state index in [9.17, 15) is 9.59 Å². The first-order valence-corrected chi connectivity index (χ1v) is 9.77. The average molecular weight is 386 g/mol. The van der Waals surface area contributed by atoms with E-state index in [-0.39, 0.29) is 17.6 Å². The zero-order chi connectivity index (χ0) is 19.9. The summed E-state index contributed by atoms with van der Waals surface area (Å²) in [6.45, 7) is 6.08. The van der Waals surface area contributed by atoms with E-state index in [0.29, 0.717) is 44.9 Å². The van der Waals surface area contributed by atoms with E-state index in [1.807, 2.05) is 24.8 Å². The second-order valence-electron chi connectivity index (χ2n) is 7.67. The van der Waals surface area contributed by atoms with Crippen molar-refractivity contribution < 1.29 is 14.3 Å². The molecule has 9 nitrogen and oxygen atoms in total. The highest BCUT2D eigenvalue weighted by Crippen LogP contribution is 2.38. The molecule has 28 heavy (non-hydrogen) atoms. The average Bonchev–Trinajstić information content (AvgIpc) is 3.27. The van der Waals surface area contributed by atoms with Crippen LogP contribution < -0.4 is 0 Å². The van der Waals surface area contributed by atoms with Crippen molar-refractivity contribution >= 4 is 17.6 Å². The van der Waals surface area contributed by atoms with Gasteiger partial charge in [-0.1, -0.05) is 0 Å². The molecule has 0 aromatic carbocycles. The molecular weight excluding hydrogens is 360 g/mol. The second kappa shape index (κ2) is 7.12. The Morgan fingerprint density at radius 1 is 1.21 bits per heavy atom. The number of likely N-dealkylation sites (tertiary alicyclic amines) is 2. The summed E-state index contributed by atoms with van der Waals surface area (Å²) in [5.74, 6) is 0.243. The van der Waals surface area contributed by atoms with Gasteiger partial charge in [0.15, 0.2) is 0 Å². The fourth-order valence-corrected chi connectivity index (χ4v) is 4.51. The van der Waals surface area contributed by atoms with Crippen molar-refractivity contribution in [2.45, 2.75) is 45.1 Å². The number of carbonyl (C=O) groups excluding carboxylic acids is 2. The molecule has 1 unspecified atom stereocenters. The lowest BCUT2D eigenvalue weighted by molar-refractivity contribution is -0.146. The maximum atomic E-state index is 13.3. The van der Waals surface area contributed by atoms with Crippen molar-refractivity contribution in [3.05, 3.63) is 23.3 Å². The number of aryl methyl sites for hydroxylation is 2. The quantitative estimate of drug-likeness (QED) is 0.778. The summed E-state index contributed by atoms with van der Waals surface area (Å²) in [6.07, 6.45) is 3.05. The predicted octanol–water partition coefficient (Wildman–Crippen LogP) is 0.985. The van der Waals surface area contributed by atoms with Gasteiger partial charge in [0.25, 0.3) is 11.7 Å². The van der Waals surface area contributed by atoms with Gasteiger partial charge in [-0.2, -0.15) is 4.98 Å². The molecule has 0 radical (unpaired) electrons. The molecule has 2 aromatic rings. The number of methoxy groups -OCH3 is 1. The van der Waals surface area contributed by atoms with E-state index in [1.165, 1.54) is 0 Å². The summed E-state index contributed by atoms with van der Waals surface area (Å²) in [6, 6.07) is 1.89. The Hall–Kier alpha value is -2.55. The van der Waals surface area contributed by atoms with Gasteiger partial charge < -0.3 is 14.5 Å². The standard InChI is InChI=1S/C19H26N6O3/c1-13-12-14(2)25-18(20-13)21-15(22-25)16(26)24-9-5-7-19(24)6-4-8-23(17(19)27)10-11-28-3/h12H,4-11H2,1-3H3. The van der Waals surface area contributed by atoms with Crippen molar-refractivity contribution in [3.63, 3.8) is 0 Å². The van der Waals surface area contributed by atoms with Crippen LogP contribution in [0.3, 0.4) is 0 Å². The number of carbonyl (C=O) groups is 2. The first-order valence-electron chi connectivity index (χ1n) is 9.77. The van der Waals surface area contributed by atoms with Crippen LogP contribution in [0.5, 0.6) is 0 Å². The molecule has 0 saturated carbocycles. The minimum absolute atomic E-state index is 0.0237. The summed E-state index contributed by atoms with van der Waals surface area (Å²) in [4.78, 5) is 38.8. The molecule has 1 atom stereocenters. The van der Waals surface area contributed by atoms with Gasteiger partial charge in [0.05, 0.1) is 6.61 Å².